The highest BCUT2D eigenvalue weighted by molar-refractivity contribution is 6.30. The molecule has 2 N–H and O–H groups in total. The van der Waals surface area contributed by atoms with Gasteiger partial charge in [0, 0.05) is 12.4 Å². The molecule has 1 unspecified atom stereocenters. The molecule has 3 nitrogen and oxygen atoms in total. The van der Waals surface area contributed by atoms with Crippen molar-refractivity contribution in [3.63, 3.8) is 0 Å². The summed E-state index contributed by atoms with van der Waals surface area (Å²) < 4.78 is 13.2. The average Bonchev–Trinajstić information content (AvgIpc) is 2.33. The molecule has 1 atom stereocenters. The minimum Gasteiger partial charge on any atom is -0.319 e. The van der Waals surface area contributed by atoms with Gasteiger partial charge in [-0.15, -0.1) is 0 Å². The highest BCUT2D eigenvalue weighted by Crippen LogP contribution is 2.21. The maximum atomic E-state index is 13.2. The van der Waals surface area contributed by atoms with Gasteiger partial charge in [0.1, 0.15) is 5.82 Å². The molecule has 1 heterocycles. The summed E-state index contributed by atoms with van der Waals surface area (Å²) in [5.74, 6) is -0.487. The summed E-state index contributed by atoms with van der Waals surface area (Å²) in [6.07, 6.45) is 4.65. The van der Waals surface area contributed by atoms with Crippen LogP contribution in [0, 0.1) is 5.82 Å². The van der Waals surface area contributed by atoms with E-state index < -0.39 is 11.9 Å². The number of nitrogens with two attached hydrogens (primary N) is 1. The zero-order valence-corrected chi connectivity index (χ0v) is 9.03. The van der Waals surface area contributed by atoms with Gasteiger partial charge in [-0.3, -0.25) is 9.97 Å². The Kier molecular flexibility index (Phi) is 3.12. The predicted molar refractivity (Wildman–Crippen MR) is 59.5 cm³/mol. The lowest BCUT2D eigenvalue weighted by atomic mass is 10.1. The van der Waals surface area contributed by atoms with Crippen LogP contribution in [0.25, 0.3) is 0 Å². The minimum atomic E-state index is -0.500. The third-order valence-corrected chi connectivity index (χ3v) is 2.51. The molecular weight excluding hydrogens is 229 g/mol. The lowest BCUT2D eigenvalue weighted by Crippen LogP contribution is -2.13. The van der Waals surface area contributed by atoms with Crippen LogP contribution >= 0.6 is 11.6 Å². The van der Waals surface area contributed by atoms with Crippen LogP contribution in [0.2, 0.25) is 5.02 Å². The van der Waals surface area contributed by atoms with Gasteiger partial charge in [0.05, 0.1) is 23.0 Å². The predicted octanol–water partition coefficient (Wildman–Crippen LogP) is 2.32. The van der Waals surface area contributed by atoms with Crippen LogP contribution in [-0.4, -0.2) is 9.97 Å². The first kappa shape index (κ1) is 11.0. The van der Waals surface area contributed by atoms with Gasteiger partial charge in [0.15, 0.2) is 0 Å². The van der Waals surface area contributed by atoms with E-state index in [0.29, 0.717) is 11.3 Å². The van der Waals surface area contributed by atoms with E-state index in [2.05, 4.69) is 9.97 Å². The van der Waals surface area contributed by atoms with Gasteiger partial charge in [-0.05, 0) is 17.7 Å². The van der Waals surface area contributed by atoms with Crippen molar-refractivity contribution in [2.45, 2.75) is 6.04 Å². The fraction of sp³-hybridized carbons (Fsp3) is 0.0909. The smallest absolute Gasteiger partial charge is 0.142 e. The van der Waals surface area contributed by atoms with Crippen molar-refractivity contribution in [3.8, 4) is 0 Å². The Labute approximate surface area is 97.1 Å². The van der Waals surface area contributed by atoms with Gasteiger partial charge in [-0.1, -0.05) is 17.7 Å². The minimum absolute atomic E-state index is 0.0788. The molecule has 0 radical (unpaired) electrons. The second kappa shape index (κ2) is 4.55. The topological polar surface area (TPSA) is 51.8 Å². The molecule has 0 aliphatic rings. The van der Waals surface area contributed by atoms with Crippen molar-refractivity contribution in [2.75, 3.05) is 0 Å². The molecule has 2 aromatic rings. The SMILES string of the molecule is NC(c1ccc(Cl)c(F)c1)c1cnccn1. The monoisotopic (exact) mass is 237 g/mol. The lowest BCUT2D eigenvalue weighted by Gasteiger charge is -2.11. The van der Waals surface area contributed by atoms with Gasteiger partial charge in [-0.2, -0.15) is 0 Å². The molecule has 0 fully saturated rings. The Morgan fingerprint density at radius 3 is 2.75 bits per heavy atom. The van der Waals surface area contributed by atoms with E-state index in [1.54, 1.807) is 24.7 Å². The standard InChI is InChI=1S/C11H9ClFN3/c12-8-2-1-7(5-9(8)13)11(14)10-6-15-3-4-16-10/h1-6,11H,14H2. The summed E-state index contributed by atoms with van der Waals surface area (Å²) >= 11 is 5.59. The number of hydrogen-bond donors (Lipinski definition) is 1. The summed E-state index contributed by atoms with van der Waals surface area (Å²) in [6.45, 7) is 0. The second-order valence-corrected chi connectivity index (χ2v) is 3.69. The Bertz CT molecular complexity index is 490. The van der Waals surface area contributed by atoms with E-state index in [4.69, 9.17) is 17.3 Å². The van der Waals surface area contributed by atoms with Crippen molar-refractivity contribution < 1.29 is 4.39 Å². The van der Waals surface area contributed by atoms with Crippen LogP contribution in [0.15, 0.2) is 36.8 Å². The Hall–Kier alpha value is -1.52. The van der Waals surface area contributed by atoms with E-state index in [1.165, 1.54) is 12.1 Å². The molecule has 0 aliphatic heterocycles. The highest BCUT2D eigenvalue weighted by atomic mass is 35.5. The summed E-state index contributed by atoms with van der Waals surface area (Å²) in [4.78, 5) is 7.97. The fourth-order valence-corrected chi connectivity index (χ4v) is 1.47. The number of nitrogens with zero attached hydrogens (tertiary/aromatic N) is 2. The van der Waals surface area contributed by atoms with Crippen LogP contribution in [-0.2, 0) is 0 Å². The van der Waals surface area contributed by atoms with Crippen molar-refractivity contribution in [2.24, 2.45) is 5.73 Å². The fourth-order valence-electron chi connectivity index (χ4n) is 1.35. The average molecular weight is 238 g/mol. The number of halogens is 2. The zero-order chi connectivity index (χ0) is 11.5. The van der Waals surface area contributed by atoms with Gasteiger partial charge in [0.2, 0.25) is 0 Å². The number of benzene rings is 1. The molecular formula is C11H9ClFN3. The quantitative estimate of drug-likeness (QED) is 0.872. The Balaban J connectivity index is 2.34. The molecule has 0 bridgehead atoms. The van der Waals surface area contributed by atoms with Crippen molar-refractivity contribution in [3.05, 3.63) is 58.9 Å². The maximum absolute atomic E-state index is 13.2. The van der Waals surface area contributed by atoms with Crippen LogP contribution < -0.4 is 5.73 Å². The van der Waals surface area contributed by atoms with Gasteiger partial charge >= 0.3 is 0 Å². The van der Waals surface area contributed by atoms with Crippen LogP contribution in [0.4, 0.5) is 4.39 Å². The second-order valence-electron chi connectivity index (χ2n) is 3.28. The van der Waals surface area contributed by atoms with Gasteiger partial charge in [0.25, 0.3) is 0 Å². The molecule has 0 spiro atoms. The molecule has 0 saturated heterocycles. The number of hydrogen-bond acceptors (Lipinski definition) is 3. The van der Waals surface area contributed by atoms with E-state index in [9.17, 15) is 4.39 Å². The van der Waals surface area contributed by atoms with Crippen LogP contribution in [0.3, 0.4) is 0 Å². The number of rotatable bonds is 2. The zero-order valence-electron chi connectivity index (χ0n) is 8.27. The van der Waals surface area contributed by atoms with E-state index in [1.807, 2.05) is 0 Å². The molecule has 16 heavy (non-hydrogen) atoms. The largest absolute Gasteiger partial charge is 0.319 e. The van der Waals surface area contributed by atoms with Crippen molar-refractivity contribution >= 4 is 11.6 Å². The first-order valence-electron chi connectivity index (χ1n) is 4.65. The maximum Gasteiger partial charge on any atom is 0.142 e. The molecule has 0 saturated carbocycles. The molecule has 82 valence electrons. The Morgan fingerprint density at radius 2 is 2.12 bits per heavy atom. The molecule has 2 rings (SSSR count). The summed E-state index contributed by atoms with van der Waals surface area (Å²) in [6, 6.07) is 3.95. The van der Waals surface area contributed by atoms with E-state index in [-0.39, 0.29) is 5.02 Å². The van der Waals surface area contributed by atoms with E-state index >= 15 is 0 Å². The first-order chi connectivity index (χ1) is 7.68. The molecule has 0 amide bonds. The van der Waals surface area contributed by atoms with E-state index in [0.717, 1.165) is 0 Å². The third-order valence-electron chi connectivity index (χ3n) is 2.20. The highest BCUT2D eigenvalue weighted by Gasteiger charge is 2.12. The summed E-state index contributed by atoms with van der Waals surface area (Å²) in [5.41, 5.74) is 7.12. The summed E-state index contributed by atoms with van der Waals surface area (Å²) in [5, 5.41) is 0.0788. The molecule has 1 aromatic heterocycles. The molecule has 0 aliphatic carbocycles. The molecule has 1 aromatic carbocycles. The van der Waals surface area contributed by atoms with Gasteiger partial charge < -0.3 is 5.73 Å². The first-order valence-corrected chi connectivity index (χ1v) is 5.02. The summed E-state index contributed by atoms with van der Waals surface area (Å²) in [7, 11) is 0. The normalized spacial score (nSPS) is 12.4. The Morgan fingerprint density at radius 1 is 1.31 bits per heavy atom. The van der Waals surface area contributed by atoms with Crippen molar-refractivity contribution in [1.82, 2.24) is 9.97 Å². The van der Waals surface area contributed by atoms with Crippen molar-refractivity contribution in [1.29, 1.82) is 0 Å². The van der Waals surface area contributed by atoms with Gasteiger partial charge in [-0.25, -0.2) is 4.39 Å². The van der Waals surface area contributed by atoms with Crippen LogP contribution in [0.5, 0.6) is 0 Å². The lowest BCUT2D eigenvalue weighted by molar-refractivity contribution is 0.623. The molecule has 5 heteroatoms. The third kappa shape index (κ3) is 2.18. The number of aromatic nitrogens is 2. The van der Waals surface area contributed by atoms with Crippen LogP contribution in [0.1, 0.15) is 17.3 Å².